The minimum absolute atomic E-state index is 0.169. The summed E-state index contributed by atoms with van der Waals surface area (Å²) >= 11 is 0. The second-order valence-electron chi connectivity index (χ2n) is 10.2. The molecule has 31 heavy (non-hydrogen) atoms. The summed E-state index contributed by atoms with van der Waals surface area (Å²) in [5.74, 6) is 0. The molecule has 5 heteroatoms. The second kappa shape index (κ2) is 9.77. The van der Waals surface area contributed by atoms with Crippen LogP contribution in [0.5, 0.6) is 0 Å². The van der Waals surface area contributed by atoms with Gasteiger partial charge in [-0.3, -0.25) is 0 Å². The average Bonchev–Trinajstić information content (AvgIpc) is 3.59. The maximum absolute atomic E-state index is 7.22. The molecule has 0 radical (unpaired) electrons. The molecule has 1 aromatic carbocycles. The van der Waals surface area contributed by atoms with Crippen molar-refractivity contribution in [3.05, 3.63) is 30.3 Å². The second-order valence-corrected chi connectivity index (χ2v) is 13.2. The van der Waals surface area contributed by atoms with E-state index in [0.29, 0.717) is 0 Å². The summed E-state index contributed by atoms with van der Waals surface area (Å²) in [4.78, 5) is 0. The molecule has 1 aromatic rings. The molecule has 4 aliphatic rings. The van der Waals surface area contributed by atoms with E-state index in [0.717, 1.165) is 56.7 Å². The van der Waals surface area contributed by atoms with Gasteiger partial charge in [-0.1, -0.05) is 0 Å². The topological polar surface area (TPSA) is 36.9 Å². The van der Waals surface area contributed by atoms with Crippen molar-refractivity contribution < 1.29 is 18.1 Å². The third-order valence-corrected chi connectivity index (χ3v) is 11.5. The van der Waals surface area contributed by atoms with E-state index in [1.807, 2.05) is 0 Å². The fourth-order valence-electron chi connectivity index (χ4n) is 6.07. The van der Waals surface area contributed by atoms with Crippen LogP contribution in [0.4, 0.5) is 0 Å². The van der Waals surface area contributed by atoms with Crippen LogP contribution < -0.4 is 5.30 Å². The van der Waals surface area contributed by atoms with E-state index >= 15 is 0 Å². The molecule has 4 nitrogen and oxygen atoms in total. The van der Waals surface area contributed by atoms with Crippen LogP contribution in [0.25, 0.3) is 0 Å². The molecule has 0 heterocycles. The molecular formula is C26H41O4P. The standard InChI is InChI=1S/C26H41O4P/c1-2-20-26(21-3-1)31(27-22-12-4-5-13-22,28-23-14-6-7-15-23,29-24-16-8-9-17-24)30-25-18-10-11-19-25/h1-3,20-25H,4-19H2. The Morgan fingerprint density at radius 2 is 0.742 bits per heavy atom. The zero-order chi connectivity index (χ0) is 21.0. The molecule has 0 amide bonds. The van der Waals surface area contributed by atoms with E-state index < -0.39 is 7.51 Å². The molecule has 0 atom stereocenters. The number of hydrogen-bond donors (Lipinski definition) is 0. The van der Waals surface area contributed by atoms with Gasteiger partial charge in [0.1, 0.15) is 0 Å². The van der Waals surface area contributed by atoms with Gasteiger partial charge in [0.25, 0.3) is 0 Å². The van der Waals surface area contributed by atoms with Gasteiger partial charge in [0.05, 0.1) is 0 Å². The van der Waals surface area contributed by atoms with Gasteiger partial charge < -0.3 is 0 Å². The quantitative estimate of drug-likeness (QED) is 0.370. The van der Waals surface area contributed by atoms with Crippen LogP contribution in [0.1, 0.15) is 103 Å². The first-order valence-electron chi connectivity index (χ1n) is 13.1. The van der Waals surface area contributed by atoms with Gasteiger partial charge in [-0.25, -0.2) is 0 Å². The number of hydrogen-bond acceptors (Lipinski definition) is 4. The average molecular weight is 449 g/mol. The Kier molecular flexibility index (Phi) is 7.03. The van der Waals surface area contributed by atoms with Crippen molar-refractivity contribution in [3.8, 4) is 0 Å². The first kappa shape index (κ1) is 22.3. The molecule has 5 rings (SSSR count). The van der Waals surface area contributed by atoms with Crippen LogP contribution in [-0.2, 0) is 18.1 Å². The normalized spacial score (nSPS) is 26.0. The Balaban J connectivity index is 1.61. The summed E-state index contributed by atoms with van der Waals surface area (Å²) in [6.07, 6.45) is 19.1. The Morgan fingerprint density at radius 1 is 0.452 bits per heavy atom. The molecule has 0 aliphatic heterocycles. The summed E-state index contributed by atoms with van der Waals surface area (Å²) in [6, 6.07) is 10.6. The van der Waals surface area contributed by atoms with Gasteiger partial charge in [-0.15, -0.1) is 0 Å². The van der Waals surface area contributed by atoms with Gasteiger partial charge in [-0.05, 0) is 0 Å². The van der Waals surface area contributed by atoms with Crippen molar-refractivity contribution in [2.24, 2.45) is 0 Å². The van der Waals surface area contributed by atoms with Crippen molar-refractivity contribution >= 4 is 12.8 Å². The molecule has 0 N–H and O–H groups in total. The van der Waals surface area contributed by atoms with Gasteiger partial charge >= 0.3 is 188 Å². The van der Waals surface area contributed by atoms with E-state index in [4.69, 9.17) is 18.1 Å². The van der Waals surface area contributed by atoms with Crippen molar-refractivity contribution in [3.63, 3.8) is 0 Å². The van der Waals surface area contributed by atoms with Crippen molar-refractivity contribution in [2.45, 2.75) is 127 Å². The van der Waals surface area contributed by atoms with E-state index in [1.54, 1.807) is 0 Å². The molecule has 0 saturated heterocycles. The zero-order valence-electron chi connectivity index (χ0n) is 19.1. The fraction of sp³-hybridized carbons (Fsp3) is 0.769. The number of rotatable bonds is 9. The van der Waals surface area contributed by atoms with Gasteiger partial charge in [-0.2, -0.15) is 0 Å². The van der Waals surface area contributed by atoms with Crippen LogP contribution in [0.3, 0.4) is 0 Å². The maximum atomic E-state index is 7.22. The third-order valence-electron chi connectivity index (χ3n) is 7.71. The van der Waals surface area contributed by atoms with Gasteiger partial charge in [0.15, 0.2) is 0 Å². The Hall–Kier alpha value is -0.510. The fourth-order valence-corrected chi connectivity index (χ4v) is 10.4. The van der Waals surface area contributed by atoms with Crippen LogP contribution in [-0.4, -0.2) is 24.4 Å². The van der Waals surface area contributed by atoms with E-state index in [-0.39, 0.29) is 24.4 Å². The number of benzene rings is 1. The van der Waals surface area contributed by atoms with Gasteiger partial charge in [0, 0.05) is 0 Å². The van der Waals surface area contributed by atoms with E-state index in [9.17, 15) is 0 Å². The zero-order valence-corrected chi connectivity index (χ0v) is 20.0. The SMILES string of the molecule is c1ccc(P(OC2CCCC2)(OC2CCCC2)(OC2CCCC2)OC2CCCC2)cc1. The summed E-state index contributed by atoms with van der Waals surface area (Å²) in [6.45, 7) is 0. The van der Waals surface area contributed by atoms with Crippen LogP contribution in [0, 0.1) is 0 Å². The van der Waals surface area contributed by atoms with E-state index in [1.165, 1.54) is 51.4 Å². The first-order chi connectivity index (χ1) is 15.2. The molecular weight excluding hydrogens is 407 g/mol. The van der Waals surface area contributed by atoms with Gasteiger partial charge in [0.2, 0.25) is 0 Å². The van der Waals surface area contributed by atoms with Crippen molar-refractivity contribution in [1.82, 2.24) is 0 Å². The van der Waals surface area contributed by atoms with Crippen LogP contribution >= 0.6 is 7.51 Å². The van der Waals surface area contributed by atoms with Crippen molar-refractivity contribution in [2.75, 3.05) is 0 Å². The first-order valence-corrected chi connectivity index (χ1v) is 15.0. The third kappa shape index (κ3) is 4.89. The predicted octanol–water partition coefficient (Wildman–Crippen LogP) is 7.36. The van der Waals surface area contributed by atoms with Crippen LogP contribution in [0.2, 0.25) is 0 Å². The summed E-state index contributed by atoms with van der Waals surface area (Å²) in [5, 5.41) is 1.02. The monoisotopic (exact) mass is 448 g/mol. The van der Waals surface area contributed by atoms with E-state index in [2.05, 4.69) is 30.3 Å². The summed E-state index contributed by atoms with van der Waals surface area (Å²) < 4.78 is 28.9. The molecule has 4 aliphatic carbocycles. The molecule has 0 unspecified atom stereocenters. The molecule has 0 spiro atoms. The van der Waals surface area contributed by atoms with Crippen molar-refractivity contribution in [1.29, 1.82) is 0 Å². The molecule has 174 valence electrons. The Labute approximate surface area is 188 Å². The molecule has 4 saturated carbocycles. The predicted molar refractivity (Wildman–Crippen MR) is 126 cm³/mol. The molecule has 4 fully saturated rings. The van der Waals surface area contributed by atoms with Crippen LogP contribution in [0.15, 0.2) is 30.3 Å². The molecule has 0 bridgehead atoms. The Bertz CT molecular complexity index is 603. The Morgan fingerprint density at radius 3 is 1.03 bits per heavy atom. The minimum atomic E-state index is -4.00. The summed E-state index contributed by atoms with van der Waals surface area (Å²) in [5.41, 5.74) is 0. The molecule has 0 aromatic heterocycles. The summed E-state index contributed by atoms with van der Waals surface area (Å²) in [7, 11) is -4.00.